The molecule has 182 valence electrons. The average molecular weight is 483 g/mol. The number of hydrogen-bond donors (Lipinski definition) is 1. The van der Waals surface area contributed by atoms with Crippen LogP contribution in [0.2, 0.25) is 0 Å². The third-order valence-electron chi connectivity index (χ3n) is 5.62. The molecule has 0 bridgehead atoms. The maximum Gasteiger partial charge on any atom is 0.416 e. The molecule has 1 N–H and O–H groups in total. The molecule has 6 nitrogen and oxygen atoms in total. The standard InChI is InChI=1S/C26H24F3N3O3/c27-26(28,29)20-12-10-19(11-13-20)25(34)32-16-14-31(15-17-32)18-24(33)30-22-8-4-5-9-23(22)35-21-6-2-1-3-7-21/h1-13H,14-18H2,(H,30,33). The van der Waals surface area contributed by atoms with Gasteiger partial charge in [-0.2, -0.15) is 13.2 Å². The number of carbonyl (C=O) groups excluding carboxylic acids is 2. The Morgan fingerprint density at radius 2 is 1.46 bits per heavy atom. The van der Waals surface area contributed by atoms with Crippen LogP contribution in [0.3, 0.4) is 0 Å². The summed E-state index contributed by atoms with van der Waals surface area (Å²) in [5.41, 5.74) is -0.0303. The van der Waals surface area contributed by atoms with Crippen LogP contribution in [0.15, 0.2) is 78.9 Å². The Morgan fingerprint density at radius 1 is 0.829 bits per heavy atom. The van der Waals surface area contributed by atoms with Crippen LogP contribution in [0.1, 0.15) is 15.9 Å². The van der Waals surface area contributed by atoms with Crippen molar-refractivity contribution in [3.8, 4) is 11.5 Å². The van der Waals surface area contributed by atoms with E-state index in [4.69, 9.17) is 4.74 Å². The van der Waals surface area contributed by atoms with Gasteiger partial charge in [0, 0.05) is 31.7 Å². The topological polar surface area (TPSA) is 61.9 Å². The van der Waals surface area contributed by atoms with Gasteiger partial charge >= 0.3 is 6.18 Å². The van der Waals surface area contributed by atoms with Gasteiger partial charge in [0.15, 0.2) is 5.75 Å². The summed E-state index contributed by atoms with van der Waals surface area (Å²) < 4.78 is 44.1. The fourth-order valence-electron chi connectivity index (χ4n) is 3.76. The van der Waals surface area contributed by atoms with Crippen molar-refractivity contribution in [3.05, 3.63) is 90.0 Å². The minimum absolute atomic E-state index is 0.141. The lowest BCUT2D eigenvalue weighted by Gasteiger charge is -2.34. The van der Waals surface area contributed by atoms with Crippen LogP contribution in [-0.2, 0) is 11.0 Å². The molecule has 0 saturated carbocycles. The van der Waals surface area contributed by atoms with Crippen molar-refractivity contribution >= 4 is 17.5 Å². The Balaban J connectivity index is 1.29. The highest BCUT2D eigenvalue weighted by Crippen LogP contribution is 2.30. The summed E-state index contributed by atoms with van der Waals surface area (Å²) in [6.45, 7) is 1.84. The van der Waals surface area contributed by atoms with E-state index in [0.717, 1.165) is 12.1 Å². The zero-order valence-electron chi connectivity index (χ0n) is 18.8. The van der Waals surface area contributed by atoms with Crippen molar-refractivity contribution in [1.82, 2.24) is 9.80 Å². The molecule has 0 atom stereocenters. The molecule has 1 saturated heterocycles. The Kier molecular flexibility index (Phi) is 7.36. The number of para-hydroxylation sites is 3. The molecule has 1 fully saturated rings. The monoisotopic (exact) mass is 483 g/mol. The Morgan fingerprint density at radius 3 is 2.11 bits per heavy atom. The van der Waals surface area contributed by atoms with Crippen LogP contribution in [0.25, 0.3) is 0 Å². The summed E-state index contributed by atoms with van der Waals surface area (Å²) in [4.78, 5) is 28.8. The van der Waals surface area contributed by atoms with Crippen molar-refractivity contribution in [2.45, 2.75) is 6.18 Å². The molecule has 3 aromatic rings. The molecule has 3 aromatic carbocycles. The first-order valence-corrected chi connectivity index (χ1v) is 11.1. The number of alkyl halides is 3. The van der Waals surface area contributed by atoms with Crippen molar-refractivity contribution in [2.75, 3.05) is 38.0 Å². The third kappa shape index (κ3) is 6.39. The molecule has 0 radical (unpaired) electrons. The van der Waals surface area contributed by atoms with E-state index in [1.807, 2.05) is 41.3 Å². The van der Waals surface area contributed by atoms with Crippen LogP contribution in [0.4, 0.5) is 18.9 Å². The minimum atomic E-state index is -4.44. The number of rotatable bonds is 6. The largest absolute Gasteiger partial charge is 0.455 e. The van der Waals surface area contributed by atoms with Crippen molar-refractivity contribution in [2.24, 2.45) is 0 Å². The van der Waals surface area contributed by atoms with Gasteiger partial charge in [0.05, 0.1) is 17.8 Å². The fourth-order valence-corrected chi connectivity index (χ4v) is 3.76. The lowest BCUT2D eigenvalue weighted by atomic mass is 10.1. The molecule has 1 aliphatic heterocycles. The number of anilines is 1. The summed E-state index contributed by atoms with van der Waals surface area (Å²) in [5.74, 6) is 0.647. The van der Waals surface area contributed by atoms with Gasteiger partial charge in [0.1, 0.15) is 5.75 Å². The fraction of sp³-hybridized carbons (Fsp3) is 0.231. The number of amides is 2. The van der Waals surface area contributed by atoms with Crippen molar-refractivity contribution in [3.63, 3.8) is 0 Å². The highest BCUT2D eigenvalue weighted by atomic mass is 19.4. The van der Waals surface area contributed by atoms with Crippen LogP contribution in [-0.4, -0.2) is 54.3 Å². The van der Waals surface area contributed by atoms with Gasteiger partial charge in [-0.3, -0.25) is 14.5 Å². The smallest absolute Gasteiger partial charge is 0.416 e. The second-order valence-corrected chi connectivity index (χ2v) is 8.10. The van der Waals surface area contributed by atoms with Crippen LogP contribution < -0.4 is 10.1 Å². The SMILES string of the molecule is O=C(CN1CCN(C(=O)c2ccc(C(F)(F)F)cc2)CC1)Nc1ccccc1Oc1ccccc1. The number of nitrogens with zero attached hydrogens (tertiary/aromatic N) is 2. The summed E-state index contributed by atoms with van der Waals surface area (Å²) >= 11 is 0. The van der Waals surface area contributed by atoms with Crippen molar-refractivity contribution in [1.29, 1.82) is 0 Å². The number of carbonyl (C=O) groups is 2. The summed E-state index contributed by atoms with van der Waals surface area (Å²) in [7, 11) is 0. The van der Waals surface area contributed by atoms with E-state index in [1.165, 1.54) is 12.1 Å². The molecule has 2 amide bonds. The number of piperazine rings is 1. The van der Waals surface area contributed by atoms with Gasteiger partial charge in [0.25, 0.3) is 5.91 Å². The van der Waals surface area contributed by atoms with Crippen LogP contribution in [0, 0.1) is 0 Å². The molecular formula is C26H24F3N3O3. The normalized spacial score (nSPS) is 14.4. The molecule has 0 aliphatic carbocycles. The molecule has 0 unspecified atom stereocenters. The van der Waals surface area contributed by atoms with E-state index in [-0.39, 0.29) is 23.9 Å². The number of nitrogens with one attached hydrogen (secondary N) is 1. The number of halogens is 3. The predicted molar refractivity (Wildman–Crippen MR) is 125 cm³/mol. The lowest BCUT2D eigenvalue weighted by molar-refractivity contribution is -0.137. The van der Waals surface area contributed by atoms with Crippen LogP contribution >= 0.6 is 0 Å². The highest BCUT2D eigenvalue weighted by molar-refractivity contribution is 5.95. The maximum atomic E-state index is 12.7. The van der Waals surface area contributed by atoms with Gasteiger partial charge in [-0.05, 0) is 48.5 Å². The molecule has 9 heteroatoms. The maximum absolute atomic E-state index is 12.7. The predicted octanol–water partition coefficient (Wildman–Crippen LogP) is 4.89. The first kappa shape index (κ1) is 24.3. The molecule has 0 aromatic heterocycles. The number of benzene rings is 3. The molecule has 4 rings (SSSR count). The molecule has 0 spiro atoms. The first-order chi connectivity index (χ1) is 16.8. The summed E-state index contributed by atoms with van der Waals surface area (Å²) in [5, 5.41) is 2.88. The first-order valence-electron chi connectivity index (χ1n) is 11.1. The quantitative estimate of drug-likeness (QED) is 0.542. The van der Waals surface area contributed by atoms with E-state index < -0.39 is 11.7 Å². The Hall–Kier alpha value is -3.85. The van der Waals surface area contributed by atoms with E-state index in [2.05, 4.69) is 5.32 Å². The number of ether oxygens (including phenoxy) is 1. The molecule has 1 heterocycles. The third-order valence-corrected chi connectivity index (χ3v) is 5.62. The van der Waals surface area contributed by atoms with E-state index >= 15 is 0 Å². The van der Waals surface area contributed by atoms with Crippen LogP contribution in [0.5, 0.6) is 11.5 Å². The summed E-state index contributed by atoms with van der Waals surface area (Å²) in [6.07, 6.45) is -4.44. The lowest BCUT2D eigenvalue weighted by Crippen LogP contribution is -2.50. The second-order valence-electron chi connectivity index (χ2n) is 8.10. The van der Waals surface area contributed by atoms with Gasteiger partial charge < -0.3 is 15.0 Å². The average Bonchev–Trinajstić information content (AvgIpc) is 2.85. The Bertz CT molecular complexity index is 1160. The van der Waals surface area contributed by atoms with E-state index in [9.17, 15) is 22.8 Å². The second kappa shape index (κ2) is 10.6. The zero-order valence-corrected chi connectivity index (χ0v) is 18.8. The van der Waals surface area contributed by atoms with E-state index in [1.54, 1.807) is 23.1 Å². The van der Waals surface area contributed by atoms with Gasteiger partial charge in [-0.15, -0.1) is 0 Å². The molecular weight excluding hydrogens is 459 g/mol. The van der Waals surface area contributed by atoms with Crippen molar-refractivity contribution < 1.29 is 27.5 Å². The Labute approximate surface area is 200 Å². The molecule has 35 heavy (non-hydrogen) atoms. The van der Waals surface area contributed by atoms with Gasteiger partial charge in [0.2, 0.25) is 5.91 Å². The van der Waals surface area contributed by atoms with Gasteiger partial charge in [-0.25, -0.2) is 0 Å². The highest BCUT2D eigenvalue weighted by Gasteiger charge is 2.31. The van der Waals surface area contributed by atoms with Gasteiger partial charge in [-0.1, -0.05) is 30.3 Å². The molecule has 1 aliphatic rings. The number of hydrogen-bond acceptors (Lipinski definition) is 4. The summed E-state index contributed by atoms with van der Waals surface area (Å²) in [6, 6.07) is 20.6. The van der Waals surface area contributed by atoms with E-state index in [0.29, 0.717) is 43.4 Å². The minimum Gasteiger partial charge on any atom is -0.455 e. The zero-order chi connectivity index (χ0) is 24.8.